The molecule has 9 nitrogen and oxygen atoms in total. The van der Waals surface area contributed by atoms with Gasteiger partial charge < -0.3 is 24.2 Å². The maximum absolute atomic E-state index is 14.7. The molecule has 3 aliphatic heterocycles. The summed E-state index contributed by atoms with van der Waals surface area (Å²) in [5.41, 5.74) is 2.10. The van der Waals surface area contributed by atoms with Crippen LogP contribution in [0.1, 0.15) is 37.8 Å². The van der Waals surface area contributed by atoms with Gasteiger partial charge in [0.05, 0.1) is 39.9 Å². The molecule has 0 saturated carbocycles. The number of para-hydroxylation sites is 1. The summed E-state index contributed by atoms with van der Waals surface area (Å²) in [6, 6.07) is 23.5. The van der Waals surface area contributed by atoms with Crippen molar-refractivity contribution in [2.24, 2.45) is 5.92 Å². The maximum Gasteiger partial charge on any atom is 0.304 e. The van der Waals surface area contributed by atoms with Crippen LogP contribution in [0.5, 0.6) is 5.75 Å². The summed E-state index contributed by atoms with van der Waals surface area (Å²) in [7, 11) is -0.593. The number of nitrogens with zero attached hydrogens (tertiary/aromatic N) is 2. The number of aliphatic hydroxyl groups excluding tert-OH is 1. The highest BCUT2D eigenvalue weighted by Gasteiger charge is 2.66. The van der Waals surface area contributed by atoms with Crippen molar-refractivity contribution >= 4 is 42.4 Å². The Morgan fingerprint density at radius 2 is 1.73 bits per heavy atom. The van der Waals surface area contributed by atoms with E-state index in [4.69, 9.17) is 14.2 Å². The molecule has 45 heavy (non-hydrogen) atoms. The summed E-state index contributed by atoms with van der Waals surface area (Å²) >= 11 is 0. The van der Waals surface area contributed by atoms with Crippen LogP contribution in [0.3, 0.4) is 0 Å². The summed E-state index contributed by atoms with van der Waals surface area (Å²) in [5, 5.41) is 11.4. The number of fused-ring (bicyclic) bond motifs is 2. The van der Waals surface area contributed by atoms with Gasteiger partial charge in [0, 0.05) is 30.7 Å². The number of β-lactam (4-membered cyclic amide) rings is 1. The van der Waals surface area contributed by atoms with E-state index in [0.29, 0.717) is 18.7 Å². The lowest BCUT2D eigenvalue weighted by molar-refractivity contribution is -0.154. The van der Waals surface area contributed by atoms with Gasteiger partial charge in [-0.05, 0) is 47.9 Å². The third kappa shape index (κ3) is 5.05. The Labute approximate surface area is 264 Å². The molecule has 1 unspecified atom stereocenters. The normalized spacial score (nSPS) is 25.8. The van der Waals surface area contributed by atoms with Crippen molar-refractivity contribution in [3.63, 3.8) is 0 Å². The van der Waals surface area contributed by atoms with Gasteiger partial charge in [-0.2, -0.15) is 0 Å². The molecule has 3 heterocycles. The highest BCUT2D eigenvalue weighted by Crippen LogP contribution is 2.60. The quantitative estimate of drug-likeness (QED) is 0.212. The molecule has 1 spiro atoms. The Hall–Kier alpha value is -3.99. The third-order valence-electron chi connectivity index (χ3n) is 9.92. The largest absolute Gasteiger partial charge is 0.497 e. The molecule has 5 atom stereocenters. The van der Waals surface area contributed by atoms with Crippen LogP contribution in [0.4, 0.5) is 11.4 Å². The fourth-order valence-electron chi connectivity index (χ4n) is 7.75. The predicted octanol–water partition coefficient (Wildman–Crippen LogP) is 4.47. The van der Waals surface area contributed by atoms with Crippen molar-refractivity contribution in [3.8, 4) is 5.75 Å². The first-order chi connectivity index (χ1) is 21.5. The molecule has 6 rings (SSSR count). The lowest BCUT2D eigenvalue weighted by Gasteiger charge is -2.39. The minimum Gasteiger partial charge on any atom is -0.497 e. The molecule has 10 heteroatoms. The molecular weight excluding hydrogens is 588 g/mol. The Morgan fingerprint density at radius 1 is 1.04 bits per heavy atom. The molecule has 1 N–H and O–H groups in total. The summed E-state index contributed by atoms with van der Waals surface area (Å²) in [6.07, 6.45) is -0.274. The second-order valence-corrected chi connectivity index (χ2v) is 17.5. The van der Waals surface area contributed by atoms with Crippen molar-refractivity contribution in [3.05, 3.63) is 83.9 Å². The number of benzene rings is 3. The van der Waals surface area contributed by atoms with Crippen LogP contribution in [0.25, 0.3) is 0 Å². The van der Waals surface area contributed by atoms with Crippen molar-refractivity contribution < 1.29 is 33.7 Å². The van der Waals surface area contributed by atoms with Crippen LogP contribution >= 0.6 is 0 Å². The minimum atomic E-state index is -2.25. The van der Waals surface area contributed by atoms with Crippen LogP contribution in [0.2, 0.25) is 18.6 Å². The number of carbonyl (C=O) groups is 3. The second kappa shape index (κ2) is 11.7. The molecule has 0 aliphatic carbocycles. The number of aliphatic hydroxyl groups is 1. The molecule has 3 aromatic rings. The predicted molar refractivity (Wildman–Crippen MR) is 173 cm³/mol. The molecular formula is C35H40N2O7Si. The molecule has 2 amide bonds. The maximum atomic E-state index is 14.7. The lowest BCUT2D eigenvalue weighted by atomic mass is 9.82. The third-order valence-corrected chi connectivity index (χ3v) is 14.3. The molecule has 0 bridgehead atoms. The standard InChI is InChI=1S/C35H40N2O7Si/c1-22-33(45(4,5)27-16-14-26(42-3)15-17-27)30(18-19-38)44-35(22)28-8-6-7-9-29(28)36(34(35)41)21-24-10-12-25(13-11-24)37-31(40)20-32(37)43-23(2)39/h6-17,22,30,32-33,38H,18-21H2,1-5H3/t22-,30+,32?,33-,35+/m0/s1. The zero-order valence-corrected chi connectivity index (χ0v) is 27.4. The summed E-state index contributed by atoms with van der Waals surface area (Å²) in [4.78, 5) is 41.7. The van der Waals surface area contributed by atoms with Gasteiger partial charge in [-0.15, -0.1) is 0 Å². The van der Waals surface area contributed by atoms with E-state index in [9.17, 15) is 19.5 Å². The van der Waals surface area contributed by atoms with E-state index in [0.717, 1.165) is 22.6 Å². The van der Waals surface area contributed by atoms with Gasteiger partial charge in [0.15, 0.2) is 11.8 Å². The lowest BCUT2D eigenvalue weighted by Crippen LogP contribution is -2.54. The average molecular weight is 629 g/mol. The topological polar surface area (TPSA) is 106 Å². The Bertz CT molecular complexity index is 1610. The fraction of sp³-hybridized carbons (Fsp3) is 0.400. The van der Waals surface area contributed by atoms with Crippen LogP contribution in [0.15, 0.2) is 72.8 Å². The number of rotatable bonds is 9. The Kier molecular flexibility index (Phi) is 8.09. The monoisotopic (exact) mass is 628 g/mol. The van der Waals surface area contributed by atoms with E-state index in [1.165, 1.54) is 17.0 Å². The first-order valence-electron chi connectivity index (χ1n) is 15.5. The van der Waals surface area contributed by atoms with E-state index in [1.807, 2.05) is 60.7 Å². The van der Waals surface area contributed by atoms with Gasteiger partial charge in [-0.25, -0.2) is 0 Å². The first kappa shape index (κ1) is 31.0. The minimum absolute atomic E-state index is 0.0270. The molecule has 2 saturated heterocycles. The molecule has 3 aliphatic rings. The SMILES string of the molecule is COc1ccc([Si](C)(C)[C@@H]2[C@@H](CCO)O[C@]3(C(=O)N(Cc4ccc(N5C(=O)CC5OC(C)=O)cc4)c4ccccc43)[C@H]2C)cc1. The number of esters is 1. The Morgan fingerprint density at radius 3 is 2.36 bits per heavy atom. The number of ether oxygens (including phenoxy) is 3. The van der Waals surface area contributed by atoms with Gasteiger partial charge in [0.2, 0.25) is 5.91 Å². The number of hydrogen-bond donors (Lipinski definition) is 1. The molecule has 0 aromatic heterocycles. The van der Waals surface area contributed by atoms with E-state index in [-0.39, 0.29) is 42.4 Å². The molecule has 0 radical (unpaired) electrons. The van der Waals surface area contributed by atoms with E-state index in [2.05, 4.69) is 32.2 Å². The van der Waals surface area contributed by atoms with Gasteiger partial charge in [-0.3, -0.25) is 19.3 Å². The van der Waals surface area contributed by atoms with E-state index in [1.54, 1.807) is 12.0 Å². The molecule has 3 aromatic carbocycles. The van der Waals surface area contributed by atoms with E-state index >= 15 is 0 Å². The van der Waals surface area contributed by atoms with Gasteiger partial charge >= 0.3 is 5.97 Å². The van der Waals surface area contributed by atoms with Crippen LogP contribution in [0, 0.1) is 5.92 Å². The van der Waals surface area contributed by atoms with Crippen molar-refractivity contribution in [1.82, 2.24) is 0 Å². The van der Waals surface area contributed by atoms with Crippen molar-refractivity contribution in [2.45, 2.75) is 69.8 Å². The Balaban J connectivity index is 1.31. The zero-order chi connectivity index (χ0) is 32.1. The number of methoxy groups -OCH3 is 1. The van der Waals surface area contributed by atoms with Gasteiger partial charge in [0.1, 0.15) is 5.75 Å². The summed E-state index contributed by atoms with van der Waals surface area (Å²) in [5.74, 6) is 0.00989. The van der Waals surface area contributed by atoms with Gasteiger partial charge in [-0.1, -0.05) is 67.7 Å². The number of amides is 2. The average Bonchev–Trinajstić information content (AvgIpc) is 3.44. The van der Waals surface area contributed by atoms with Crippen LogP contribution in [-0.2, 0) is 36.0 Å². The highest BCUT2D eigenvalue weighted by molar-refractivity contribution is 6.91. The molecule has 2 fully saturated rings. The summed E-state index contributed by atoms with van der Waals surface area (Å²) in [6.45, 7) is 8.40. The van der Waals surface area contributed by atoms with Crippen LogP contribution < -0.4 is 19.7 Å². The van der Waals surface area contributed by atoms with E-state index < -0.39 is 25.9 Å². The second-order valence-electron chi connectivity index (χ2n) is 12.8. The first-order valence-corrected chi connectivity index (χ1v) is 18.5. The number of hydrogen-bond acceptors (Lipinski definition) is 7. The van der Waals surface area contributed by atoms with Crippen LogP contribution in [-0.4, -0.2) is 57.0 Å². The fourth-order valence-corrected chi connectivity index (χ4v) is 11.8. The zero-order valence-electron chi connectivity index (χ0n) is 26.4. The highest BCUT2D eigenvalue weighted by atomic mass is 28.3. The smallest absolute Gasteiger partial charge is 0.304 e. The number of carbonyl (C=O) groups excluding carboxylic acids is 3. The van der Waals surface area contributed by atoms with Crippen molar-refractivity contribution in [1.29, 1.82) is 0 Å². The van der Waals surface area contributed by atoms with Crippen molar-refractivity contribution in [2.75, 3.05) is 23.5 Å². The number of anilines is 2. The molecule has 236 valence electrons. The summed E-state index contributed by atoms with van der Waals surface area (Å²) < 4.78 is 17.6. The van der Waals surface area contributed by atoms with Gasteiger partial charge in [0.25, 0.3) is 5.91 Å².